The second-order valence-corrected chi connectivity index (χ2v) is 3.30. The predicted octanol–water partition coefficient (Wildman–Crippen LogP) is 2.91. The van der Waals surface area contributed by atoms with Gasteiger partial charge in [0.15, 0.2) is 11.6 Å². The number of aliphatic carboxylic acids is 1. The third-order valence-corrected chi connectivity index (χ3v) is 2.05. The van der Waals surface area contributed by atoms with Gasteiger partial charge in [-0.3, -0.25) is 4.79 Å². The van der Waals surface area contributed by atoms with E-state index in [4.69, 9.17) is 5.11 Å². The molecule has 0 heterocycles. The molecule has 0 aliphatic carbocycles. The lowest BCUT2D eigenvalue weighted by molar-refractivity contribution is -0.275. The molecule has 1 atom stereocenters. The molecule has 0 spiro atoms. The topological polar surface area (TPSA) is 46.5 Å². The molecule has 3 nitrogen and oxygen atoms in total. The molecule has 0 saturated carbocycles. The van der Waals surface area contributed by atoms with E-state index in [0.29, 0.717) is 0 Å². The molecule has 7 heteroatoms. The second kappa shape index (κ2) is 4.60. The Bertz CT molecular complexity index is 428. The van der Waals surface area contributed by atoms with Gasteiger partial charge in [0.2, 0.25) is 0 Å². The number of carboxylic acids is 1. The summed E-state index contributed by atoms with van der Waals surface area (Å²) in [6.45, 7) is 1.27. The van der Waals surface area contributed by atoms with Gasteiger partial charge in [-0.25, -0.2) is 4.39 Å². The molecule has 1 aromatic carbocycles. The molecular weight excluding hydrogens is 244 g/mol. The summed E-state index contributed by atoms with van der Waals surface area (Å²) >= 11 is 0. The highest BCUT2D eigenvalue weighted by molar-refractivity contribution is 5.75. The molecule has 0 aliphatic rings. The molecule has 1 aromatic rings. The van der Waals surface area contributed by atoms with Gasteiger partial charge >= 0.3 is 12.3 Å². The zero-order chi connectivity index (χ0) is 13.2. The van der Waals surface area contributed by atoms with E-state index in [9.17, 15) is 22.4 Å². The first-order chi connectivity index (χ1) is 7.70. The van der Waals surface area contributed by atoms with Crippen LogP contribution in [0.5, 0.6) is 5.75 Å². The minimum absolute atomic E-state index is 0.0261. The number of halogens is 4. The van der Waals surface area contributed by atoms with E-state index in [1.165, 1.54) is 6.92 Å². The van der Waals surface area contributed by atoms with Crippen LogP contribution in [0, 0.1) is 5.82 Å². The van der Waals surface area contributed by atoms with Gasteiger partial charge in [0.25, 0.3) is 0 Å². The van der Waals surface area contributed by atoms with Crippen molar-refractivity contribution in [2.75, 3.05) is 0 Å². The minimum atomic E-state index is -5.02. The number of hydrogen-bond acceptors (Lipinski definition) is 2. The number of benzene rings is 1. The monoisotopic (exact) mass is 252 g/mol. The summed E-state index contributed by atoms with van der Waals surface area (Å²) in [5.41, 5.74) is 0.0261. The van der Waals surface area contributed by atoms with Gasteiger partial charge in [0.05, 0.1) is 5.92 Å². The molecule has 17 heavy (non-hydrogen) atoms. The summed E-state index contributed by atoms with van der Waals surface area (Å²) in [6.07, 6.45) is -5.02. The molecule has 1 N–H and O–H groups in total. The molecule has 1 unspecified atom stereocenters. The van der Waals surface area contributed by atoms with Crippen molar-refractivity contribution in [2.45, 2.75) is 19.2 Å². The van der Waals surface area contributed by atoms with Crippen LogP contribution in [0.2, 0.25) is 0 Å². The lowest BCUT2D eigenvalue weighted by Gasteiger charge is -2.12. The smallest absolute Gasteiger partial charge is 0.481 e. The average molecular weight is 252 g/mol. The highest BCUT2D eigenvalue weighted by Gasteiger charge is 2.32. The maximum atomic E-state index is 13.0. The zero-order valence-electron chi connectivity index (χ0n) is 8.58. The Morgan fingerprint density at radius 2 is 2.00 bits per heavy atom. The summed E-state index contributed by atoms with van der Waals surface area (Å²) in [5, 5.41) is 8.67. The molecule has 0 aromatic heterocycles. The van der Waals surface area contributed by atoms with Gasteiger partial charge in [-0.05, 0) is 24.6 Å². The van der Waals surface area contributed by atoms with Gasteiger partial charge in [-0.2, -0.15) is 0 Å². The molecule has 0 aliphatic heterocycles. The largest absolute Gasteiger partial charge is 0.573 e. The van der Waals surface area contributed by atoms with Crippen molar-refractivity contribution in [1.82, 2.24) is 0 Å². The lowest BCUT2D eigenvalue weighted by Crippen LogP contribution is -2.18. The van der Waals surface area contributed by atoms with Crippen molar-refractivity contribution in [1.29, 1.82) is 0 Å². The molecular formula is C10H8F4O3. The van der Waals surface area contributed by atoms with Crippen molar-refractivity contribution in [3.8, 4) is 5.75 Å². The summed E-state index contributed by atoms with van der Waals surface area (Å²) in [7, 11) is 0. The van der Waals surface area contributed by atoms with Crippen molar-refractivity contribution < 1.29 is 32.2 Å². The van der Waals surface area contributed by atoms with Crippen LogP contribution in [0.3, 0.4) is 0 Å². The van der Waals surface area contributed by atoms with Gasteiger partial charge in [0.1, 0.15) is 0 Å². The number of carboxylic acid groups (broad SMARTS) is 1. The van der Waals surface area contributed by atoms with Crippen LogP contribution in [0.4, 0.5) is 17.6 Å². The fourth-order valence-electron chi connectivity index (χ4n) is 1.13. The summed E-state index contributed by atoms with van der Waals surface area (Å²) in [4.78, 5) is 10.6. The van der Waals surface area contributed by atoms with E-state index in [1.807, 2.05) is 0 Å². The van der Waals surface area contributed by atoms with Crippen LogP contribution in [0.25, 0.3) is 0 Å². The maximum Gasteiger partial charge on any atom is 0.573 e. The Balaban J connectivity index is 3.06. The number of hydrogen-bond donors (Lipinski definition) is 1. The SMILES string of the molecule is CC(C(=O)O)c1ccc(F)c(OC(F)(F)F)c1. The van der Waals surface area contributed by atoms with Crippen LogP contribution in [-0.4, -0.2) is 17.4 Å². The molecule has 0 fully saturated rings. The third kappa shape index (κ3) is 3.61. The Hall–Kier alpha value is -1.79. The fourth-order valence-corrected chi connectivity index (χ4v) is 1.13. The van der Waals surface area contributed by atoms with Crippen LogP contribution in [-0.2, 0) is 4.79 Å². The second-order valence-electron chi connectivity index (χ2n) is 3.30. The van der Waals surface area contributed by atoms with Gasteiger partial charge in [-0.1, -0.05) is 6.07 Å². The van der Waals surface area contributed by atoms with Gasteiger partial charge in [-0.15, -0.1) is 13.2 Å². The minimum Gasteiger partial charge on any atom is -0.481 e. The van der Waals surface area contributed by atoms with Crippen molar-refractivity contribution >= 4 is 5.97 Å². The standard InChI is InChI=1S/C10H8F4O3/c1-5(9(15)16)6-2-3-7(11)8(4-6)17-10(12,13)14/h2-5H,1H3,(H,15,16). The van der Waals surface area contributed by atoms with Crippen LogP contribution < -0.4 is 4.74 Å². The first kappa shape index (κ1) is 13.3. The third-order valence-electron chi connectivity index (χ3n) is 2.05. The van der Waals surface area contributed by atoms with Crippen molar-refractivity contribution in [3.05, 3.63) is 29.6 Å². The zero-order valence-corrected chi connectivity index (χ0v) is 8.58. The number of alkyl halides is 3. The van der Waals surface area contributed by atoms with E-state index >= 15 is 0 Å². The molecule has 0 radical (unpaired) electrons. The fraction of sp³-hybridized carbons (Fsp3) is 0.300. The van der Waals surface area contributed by atoms with E-state index in [0.717, 1.165) is 18.2 Å². The highest BCUT2D eigenvalue weighted by atomic mass is 19.4. The lowest BCUT2D eigenvalue weighted by atomic mass is 10.0. The molecule has 94 valence electrons. The van der Waals surface area contributed by atoms with Crippen LogP contribution in [0.1, 0.15) is 18.4 Å². The normalized spacial score (nSPS) is 13.2. The summed E-state index contributed by atoms with van der Waals surface area (Å²) in [6, 6.07) is 2.55. The molecule has 0 amide bonds. The number of rotatable bonds is 3. The highest BCUT2D eigenvalue weighted by Crippen LogP contribution is 2.28. The Morgan fingerprint density at radius 3 is 2.47 bits per heavy atom. The first-order valence-electron chi connectivity index (χ1n) is 4.48. The van der Waals surface area contributed by atoms with E-state index in [1.54, 1.807) is 0 Å². The summed E-state index contributed by atoms with van der Waals surface area (Å²) in [5.74, 6) is -4.52. The van der Waals surface area contributed by atoms with E-state index in [-0.39, 0.29) is 5.56 Å². The molecule has 0 bridgehead atoms. The van der Waals surface area contributed by atoms with Crippen molar-refractivity contribution in [3.63, 3.8) is 0 Å². The molecule has 1 rings (SSSR count). The predicted molar refractivity (Wildman–Crippen MR) is 49.1 cm³/mol. The quantitative estimate of drug-likeness (QED) is 0.841. The Kier molecular flexibility index (Phi) is 3.59. The van der Waals surface area contributed by atoms with E-state index < -0.39 is 29.8 Å². The maximum absolute atomic E-state index is 13.0. The first-order valence-corrected chi connectivity index (χ1v) is 4.48. The number of ether oxygens (including phenoxy) is 1. The molecule has 0 saturated heterocycles. The summed E-state index contributed by atoms with van der Waals surface area (Å²) < 4.78 is 52.1. The average Bonchev–Trinajstić information content (AvgIpc) is 2.18. The van der Waals surface area contributed by atoms with E-state index in [2.05, 4.69) is 4.74 Å². The van der Waals surface area contributed by atoms with Crippen LogP contribution >= 0.6 is 0 Å². The van der Waals surface area contributed by atoms with Crippen molar-refractivity contribution in [2.24, 2.45) is 0 Å². The Labute approximate surface area is 93.6 Å². The Morgan fingerprint density at radius 1 is 1.41 bits per heavy atom. The van der Waals surface area contributed by atoms with Crippen LogP contribution in [0.15, 0.2) is 18.2 Å². The van der Waals surface area contributed by atoms with Gasteiger partial charge < -0.3 is 9.84 Å². The number of carbonyl (C=O) groups is 1. The van der Waals surface area contributed by atoms with Gasteiger partial charge in [0, 0.05) is 0 Å².